The van der Waals surface area contributed by atoms with Crippen LogP contribution in [0.1, 0.15) is 39.0 Å². The molecule has 0 saturated carbocycles. The molecule has 5 nitrogen and oxygen atoms in total. The van der Waals surface area contributed by atoms with E-state index in [-0.39, 0.29) is 11.6 Å². The van der Waals surface area contributed by atoms with Crippen molar-refractivity contribution in [2.45, 2.75) is 20.8 Å². The zero-order valence-electron chi connectivity index (χ0n) is 16.1. The Morgan fingerprint density at radius 3 is 2.12 bits per heavy atom. The molecule has 5 heteroatoms. The maximum Gasteiger partial charge on any atom is 0.178 e. The highest BCUT2D eigenvalue weighted by Crippen LogP contribution is 2.19. The molecule has 1 aliphatic heterocycles. The molecule has 3 rings (SSSR count). The third-order valence-electron chi connectivity index (χ3n) is 5.45. The molecule has 2 heterocycles. The SMILES string of the molecule is CC(=O)c1ccc(N2CCN(CC(=O)c3cc(C)n(C)c3C)CC2)cc1. The first-order valence-electron chi connectivity index (χ1n) is 9.11. The van der Waals surface area contributed by atoms with Gasteiger partial charge in [-0.15, -0.1) is 0 Å². The summed E-state index contributed by atoms with van der Waals surface area (Å²) in [5.74, 6) is 0.289. The Morgan fingerprint density at radius 2 is 1.62 bits per heavy atom. The summed E-state index contributed by atoms with van der Waals surface area (Å²) in [5.41, 5.74) is 4.87. The Kier molecular flexibility index (Phi) is 5.28. The van der Waals surface area contributed by atoms with Crippen LogP contribution in [-0.4, -0.2) is 53.8 Å². The van der Waals surface area contributed by atoms with E-state index in [1.165, 1.54) is 0 Å². The van der Waals surface area contributed by atoms with Gasteiger partial charge in [-0.3, -0.25) is 14.5 Å². The fraction of sp³-hybridized carbons (Fsp3) is 0.429. The number of hydrogen-bond acceptors (Lipinski definition) is 4. The number of aryl methyl sites for hydroxylation is 1. The molecule has 0 aliphatic carbocycles. The minimum atomic E-state index is 0.0892. The van der Waals surface area contributed by atoms with Gasteiger partial charge in [-0.1, -0.05) is 0 Å². The summed E-state index contributed by atoms with van der Waals surface area (Å²) >= 11 is 0. The molecule has 2 aromatic rings. The predicted molar refractivity (Wildman–Crippen MR) is 104 cm³/mol. The fourth-order valence-electron chi connectivity index (χ4n) is 3.50. The summed E-state index contributed by atoms with van der Waals surface area (Å²) in [5, 5.41) is 0. The lowest BCUT2D eigenvalue weighted by molar-refractivity contribution is 0.0925. The van der Waals surface area contributed by atoms with Crippen LogP contribution in [0.2, 0.25) is 0 Å². The summed E-state index contributed by atoms with van der Waals surface area (Å²) in [6.45, 7) is 9.60. The number of carbonyl (C=O) groups excluding carboxylic acids is 2. The summed E-state index contributed by atoms with van der Waals surface area (Å²) in [7, 11) is 2.00. The van der Waals surface area contributed by atoms with Crippen molar-refractivity contribution in [2.75, 3.05) is 37.6 Å². The molecule has 1 fully saturated rings. The first-order valence-corrected chi connectivity index (χ1v) is 9.11. The van der Waals surface area contributed by atoms with Gasteiger partial charge in [0.1, 0.15) is 0 Å². The second-order valence-electron chi connectivity index (χ2n) is 7.13. The van der Waals surface area contributed by atoms with Gasteiger partial charge in [0.2, 0.25) is 0 Å². The van der Waals surface area contributed by atoms with Crippen molar-refractivity contribution in [1.29, 1.82) is 0 Å². The van der Waals surface area contributed by atoms with Crippen molar-refractivity contribution >= 4 is 17.3 Å². The largest absolute Gasteiger partial charge is 0.369 e. The van der Waals surface area contributed by atoms with E-state index in [4.69, 9.17) is 0 Å². The lowest BCUT2D eigenvalue weighted by atomic mass is 10.1. The highest BCUT2D eigenvalue weighted by molar-refractivity contribution is 5.99. The number of carbonyl (C=O) groups is 2. The molecule has 0 N–H and O–H groups in total. The number of aromatic nitrogens is 1. The average Bonchev–Trinajstić information content (AvgIpc) is 2.90. The number of anilines is 1. The van der Waals surface area contributed by atoms with Gasteiger partial charge in [0.05, 0.1) is 6.54 Å². The molecule has 0 unspecified atom stereocenters. The summed E-state index contributed by atoms with van der Waals surface area (Å²) in [4.78, 5) is 28.6. The quantitative estimate of drug-likeness (QED) is 0.776. The Balaban J connectivity index is 1.57. The highest BCUT2D eigenvalue weighted by Gasteiger charge is 2.21. The maximum absolute atomic E-state index is 12.7. The van der Waals surface area contributed by atoms with Gasteiger partial charge >= 0.3 is 0 Å². The topological polar surface area (TPSA) is 45.6 Å². The van der Waals surface area contributed by atoms with Crippen molar-refractivity contribution in [2.24, 2.45) is 7.05 Å². The molecular formula is C21H27N3O2. The Labute approximate surface area is 155 Å². The number of rotatable bonds is 5. The van der Waals surface area contributed by atoms with Gasteiger partial charge in [0.25, 0.3) is 0 Å². The number of hydrogen-bond donors (Lipinski definition) is 0. The second-order valence-corrected chi connectivity index (χ2v) is 7.13. The molecule has 0 spiro atoms. The standard InChI is InChI=1S/C21H27N3O2/c1-15-13-20(16(2)22(15)4)21(26)14-23-9-11-24(12-10-23)19-7-5-18(6-8-19)17(3)25/h5-8,13H,9-12,14H2,1-4H3. The van der Waals surface area contributed by atoms with Crippen LogP contribution in [0.25, 0.3) is 0 Å². The normalized spacial score (nSPS) is 15.3. The van der Waals surface area contributed by atoms with Crippen LogP contribution >= 0.6 is 0 Å². The molecule has 0 bridgehead atoms. The molecule has 1 aliphatic rings. The third-order valence-corrected chi connectivity index (χ3v) is 5.45. The summed E-state index contributed by atoms with van der Waals surface area (Å²) in [6, 6.07) is 9.77. The molecule has 0 atom stereocenters. The predicted octanol–water partition coefficient (Wildman–Crippen LogP) is 2.85. The van der Waals surface area contributed by atoms with E-state index in [1.54, 1.807) is 6.92 Å². The molecule has 1 saturated heterocycles. The van der Waals surface area contributed by atoms with E-state index < -0.39 is 0 Å². The molecule has 0 amide bonds. The first kappa shape index (κ1) is 18.4. The minimum absolute atomic E-state index is 0.0892. The van der Waals surface area contributed by atoms with E-state index in [9.17, 15) is 9.59 Å². The van der Waals surface area contributed by atoms with Crippen molar-refractivity contribution in [3.8, 4) is 0 Å². The van der Waals surface area contributed by atoms with Crippen molar-refractivity contribution in [3.05, 3.63) is 52.8 Å². The molecule has 1 aromatic heterocycles. The Hall–Kier alpha value is -2.40. The number of piperazine rings is 1. The molecule has 138 valence electrons. The molecule has 26 heavy (non-hydrogen) atoms. The fourth-order valence-corrected chi connectivity index (χ4v) is 3.50. The maximum atomic E-state index is 12.7. The minimum Gasteiger partial charge on any atom is -0.369 e. The summed E-state index contributed by atoms with van der Waals surface area (Å²) < 4.78 is 2.07. The first-order chi connectivity index (χ1) is 12.4. The smallest absolute Gasteiger partial charge is 0.178 e. The van der Waals surface area contributed by atoms with Crippen molar-refractivity contribution < 1.29 is 9.59 Å². The molecule has 0 radical (unpaired) electrons. The van der Waals surface area contributed by atoms with Gasteiger partial charge in [0, 0.05) is 61.4 Å². The lowest BCUT2D eigenvalue weighted by Crippen LogP contribution is -2.48. The van der Waals surface area contributed by atoms with Crippen LogP contribution in [0.3, 0.4) is 0 Å². The van der Waals surface area contributed by atoms with E-state index in [1.807, 2.05) is 51.2 Å². The van der Waals surface area contributed by atoms with Crippen molar-refractivity contribution in [1.82, 2.24) is 9.47 Å². The van der Waals surface area contributed by atoms with E-state index >= 15 is 0 Å². The number of Topliss-reactive ketones (excluding diaryl/α,β-unsaturated/α-hetero) is 2. The molecule has 1 aromatic carbocycles. The second kappa shape index (κ2) is 7.46. The van der Waals surface area contributed by atoms with Gasteiger partial charge in [-0.05, 0) is 51.1 Å². The van der Waals surface area contributed by atoms with E-state index in [0.717, 1.165) is 54.4 Å². The van der Waals surface area contributed by atoms with Crippen LogP contribution in [0.15, 0.2) is 30.3 Å². The molecular weight excluding hydrogens is 326 g/mol. The van der Waals surface area contributed by atoms with Gasteiger partial charge in [0.15, 0.2) is 11.6 Å². The number of benzene rings is 1. The third kappa shape index (κ3) is 3.73. The monoisotopic (exact) mass is 353 g/mol. The number of nitrogens with zero attached hydrogens (tertiary/aromatic N) is 3. The average molecular weight is 353 g/mol. The number of ketones is 2. The van der Waals surface area contributed by atoms with Gasteiger partial charge in [-0.2, -0.15) is 0 Å². The van der Waals surface area contributed by atoms with Crippen LogP contribution in [0.5, 0.6) is 0 Å². The van der Waals surface area contributed by atoms with Crippen LogP contribution in [0.4, 0.5) is 5.69 Å². The summed E-state index contributed by atoms with van der Waals surface area (Å²) in [6.07, 6.45) is 0. The zero-order chi connectivity index (χ0) is 18.8. The lowest BCUT2D eigenvalue weighted by Gasteiger charge is -2.35. The Bertz CT molecular complexity index is 813. The van der Waals surface area contributed by atoms with Crippen LogP contribution < -0.4 is 4.90 Å². The van der Waals surface area contributed by atoms with Gasteiger partial charge in [-0.25, -0.2) is 0 Å². The van der Waals surface area contributed by atoms with E-state index in [2.05, 4.69) is 14.4 Å². The Morgan fingerprint density at radius 1 is 1.00 bits per heavy atom. The van der Waals surface area contributed by atoms with Crippen molar-refractivity contribution in [3.63, 3.8) is 0 Å². The van der Waals surface area contributed by atoms with Gasteiger partial charge < -0.3 is 9.47 Å². The highest BCUT2D eigenvalue weighted by atomic mass is 16.1. The van der Waals surface area contributed by atoms with E-state index in [0.29, 0.717) is 6.54 Å². The van der Waals surface area contributed by atoms with Crippen LogP contribution in [-0.2, 0) is 7.05 Å². The van der Waals surface area contributed by atoms with Crippen LogP contribution in [0, 0.1) is 13.8 Å². The zero-order valence-corrected chi connectivity index (χ0v) is 16.1.